The van der Waals surface area contributed by atoms with E-state index < -0.39 is 0 Å². The van der Waals surface area contributed by atoms with E-state index in [4.69, 9.17) is 0 Å². The number of nitrogens with zero attached hydrogens (tertiary/aromatic N) is 3. The van der Waals surface area contributed by atoms with Gasteiger partial charge in [0.1, 0.15) is 5.82 Å². The Kier molecular flexibility index (Phi) is 4.05. The van der Waals surface area contributed by atoms with E-state index >= 15 is 0 Å². The highest BCUT2D eigenvalue weighted by Gasteiger charge is 2.21. The molecule has 0 saturated carbocycles. The van der Waals surface area contributed by atoms with E-state index in [0.717, 1.165) is 35.1 Å². The maximum absolute atomic E-state index is 4.63. The highest BCUT2D eigenvalue weighted by Crippen LogP contribution is 2.23. The number of halogens is 1. The summed E-state index contributed by atoms with van der Waals surface area (Å²) in [6, 6.07) is 4.92. The van der Waals surface area contributed by atoms with Crippen LogP contribution in [0.5, 0.6) is 0 Å². The van der Waals surface area contributed by atoms with Crippen molar-refractivity contribution in [2.45, 2.75) is 25.8 Å². The number of rotatable bonds is 2. The second-order valence-electron chi connectivity index (χ2n) is 4.92. The monoisotopic (exact) mass is 297 g/mol. The van der Waals surface area contributed by atoms with E-state index in [9.17, 15) is 0 Å². The molecule has 1 fully saturated rings. The van der Waals surface area contributed by atoms with Gasteiger partial charge in [-0.2, -0.15) is 0 Å². The van der Waals surface area contributed by atoms with Gasteiger partial charge in [0, 0.05) is 23.6 Å². The second kappa shape index (κ2) is 5.36. The smallest absolute Gasteiger partial charge is 0.128 e. The van der Waals surface area contributed by atoms with Crippen molar-refractivity contribution < 1.29 is 0 Å². The summed E-state index contributed by atoms with van der Waals surface area (Å²) < 4.78 is 1.09. The van der Waals surface area contributed by atoms with Gasteiger partial charge in [-0.15, -0.1) is 0 Å². The van der Waals surface area contributed by atoms with Crippen molar-refractivity contribution in [2.75, 3.05) is 32.1 Å². The fourth-order valence-electron chi connectivity index (χ4n) is 2.32. The molecular formula is C13H20BrN3. The Morgan fingerprint density at radius 1 is 1.29 bits per heavy atom. The van der Waals surface area contributed by atoms with Crippen molar-refractivity contribution in [1.82, 2.24) is 9.88 Å². The fourth-order valence-corrected chi connectivity index (χ4v) is 2.54. The van der Waals surface area contributed by atoms with E-state index in [-0.39, 0.29) is 0 Å². The molecule has 1 aliphatic rings. The molecule has 2 heterocycles. The minimum atomic E-state index is 0.725. The minimum Gasteiger partial charge on any atom is -0.356 e. The van der Waals surface area contributed by atoms with E-state index in [1.165, 1.54) is 12.8 Å². The van der Waals surface area contributed by atoms with E-state index in [1.807, 2.05) is 6.92 Å². The molecule has 0 unspecified atom stereocenters. The van der Waals surface area contributed by atoms with Crippen molar-refractivity contribution in [1.29, 1.82) is 0 Å². The van der Waals surface area contributed by atoms with Crippen LogP contribution >= 0.6 is 15.9 Å². The van der Waals surface area contributed by atoms with Gasteiger partial charge in [0.25, 0.3) is 0 Å². The van der Waals surface area contributed by atoms with Gasteiger partial charge in [-0.3, -0.25) is 0 Å². The molecular weight excluding hydrogens is 278 g/mol. The number of hydrogen-bond donors (Lipinski definition) is 0. The lowest BCUT2D eigenvalue weighted by Gasteiger charge is -2.35. The third kappa shape index (κ3) is 2.99. The molecule has 94 valence electrons. The van der Waals surface area contributed by atoms with Gasteiger partial charge in [-0.1, -0.05) is 0 Å². The van der Waals surface area contributed by atoms with E-state index in [2.05, 4.69) is 56.9 Å². The molecule has 0 spiro atoms. The van der Waals surface area contributed by atoms with Crippen LogP contribution in [0.3, 0.4) is 0 Å². The number of anilines is 1. The van der Waals surface area contributed by atoms with Gasteiger partial charge in [-0.05, 0) is 61.9 Å². The second-order valence-corrected chi connectivity index (χ2v) is 5.77. The SMILES string of the molecule is Cc1nc(N2CCC(N(C)C)CC2)ccc1Br. The predicted octanol–water partition coefficient (Wildman–Crippen LogP) is 2.68. The summed E-state index contributed by atoms with van der Waals surface area (Å²) in [4.78, 5) is 9.35. The minimum absolute atomic E-state index is 0.725. The first-order valence-electron chi connectivity index (χ1n) is 6.12. The number of piperidine rings is 1. The zero-order chi connectivity index (χ0) is 12.4. The van der Waals surface area contributed by atoms with Crippen molar-refractivity contribution in [3.63, 3.8) is 0 Å². The average molecular weight is 298 g/mol. The van der Waals surface area contributed by atoms with Crippen LogP contribution in [0.1, 0.15) is 18.5 Å². The third-order valence-electron chi connectivity index (χ3n) is 3.53. The van der Waals surface area contributed by atoms with Gasteiger partial charge in [0.2, 0.25) is 0 Å². The summed E-state index contributed by atoms with van der Waals surface area (Å²) >= 11 is 3.49. The lowest BCUT2D eigenvalue weighted by molar-refractivity contribution is 0.249. The largest absolute Gasteiger partial charge is 0.356 e. The van der Waals surface area contributed by atoms with Crippen LogP contribution in [0, 0.1) is 6.92 Å². The molecule has 0 aromatic carbocycles. The number of hydrogen-bond acceptors (Lipinski definition) is 3. The molecule has 0 atom stereocenters. The van der Waals surface area contributed by atoms with Crippen molar-refractivity contribution in [2.24, 2.45) is 0 Å². The first-order valence-corrected chi connectivity index (χ1v) is 6.92. The molecule has 0 radical (unpaired) electrons. The van der Waals surface area contributed by atoms with Gasteiger partial charge in [0.15, 0.2) is 0 Å². The maximum Gasteiger partial charge on any atom is 0.128 e. The van der Waals surface area contributed by atoms with Crippen molar-refractivity contribution >= 4 is 21.7 Å². The van der Waals surface area contributed by atoms with Crippen LogP contribution < -0.4 is 4.90 Å². The Balaban J connectivity index is 2.03. The molecule has 0 bridgehead atoms. The standard InChI is InChI=1S/C13H20BrN3/c1-10-12(14)4-5-13(15-10)17-8-6-11(7-9-17)16(2)3/h4-5,11H,6-9H2,1-3H3. The van der Waals surface area contributed by atoms with E-state index in [1.54, 1.807) is 0 Å². The van der Waals surface area contributed by atoms with Crippen LogP contribution in [0.4, 0.5) is 5.82 Å². The van der Waals surface area contributed by atoms with Gasteiger partial charge >= 0.3 is 0 Å². The normalized spacial score (nSPS) is 17.8. The maximum atomic E-state index is 4.63. The van der Waals surface area contributed by atoms with Crippen LogP contribution in [-0.4, -0.2) is 43.1 Å². The Morgan fingerprint density at radius 2 is 1.94 bits per heavy atom. The Hall–Kier alpha value is -0.610. The zero-order valence-electron chi connectivity index (χ0n) is 10.8. The summed E-state index contributed by atoms with van der Waals surface area (Å²) in [5, 5.41) is 0. The van der Waals surface area contributed by atoms with E-state index in [0.29, 0.717) is 0 Å². The molecule has 3 nitrogen and oxygen atoms in total. The molecule has 0 aliphatic carbocycles. The lowest BCUT2D eigenvalue weighted by Crippen LogP contribution is -2.42. The Bertz CT molecular complexity index is 384. The summed E-state index contributed by atoms with van der Waals surface area (Å²) in [7, 11) is 4.34. The zero-order valence-corrected chi connectivity index (χ0v) is 12.4. The molecule has 2 rings (SSSR count). The Labute approximate surface area is 112 Å². The number of aryl methyl sites for hydroxylation is 1. The molecule has 1 aliphatic heterocycles. The molecule has 1 aromatic rings. The van der Waals surface area contributed by atoms with Crippen molar-refractivity contribution in [3.05, 3.63) is 22.3 Å². The summed E-state index contributed by atoms with van der Waals surface area (Å²) in [5.74, 6) is 1.11. The molecule has 0 N–H and O–H groups in total. The molecule has 1 aromatic heterocycles. The predicted molar refractivity (Wildman–Crippen MR) is 75.6 cm³/mol. The van der Waals surface area contributed by atoms with Crippen molar-refractivity contribution in [3.8, 4) is 0 Å². The van der Waals surface area contributed by atoms with Gasteiger partial charge < -0.3 is 9.80 Å². The lowest BCUT2D eigenvalue weighted by atomic mass is 10.0. The number of aromatic nitrogens is 1. The first kappa shape index (κ1) is 12.8. The van der Waals surface area contributed by atoms with Crippen LogP contribution in [-0.2, 0) is 0 Å². The highest BCUT2D eigenvalue weighted by molar-refractivity contribution is 9.10. The highest BCUT2D eigenvalue weighted by atomic mass is 79.9. The van der Waals surface area contributed by atoms with Crippen LogP contribution in [0.2, 0.25) is 0 Å². The Morgan fingerprint density at radius 3 is 2.47 bits per heavy atom. The van der Waals surface area contributed by atoms with Gasteiger partial charge in [-0.25, -0.2) is 4.98 Å². The van der Waals surface area contributed by atoms with Crippen LogP contribution in [0.15, 0.2) is 16.6 Å². The molecule has 17 heavy (non-hydrogen) atoms. The van der Waals surface area contributed by atoms with Gasteiger partial charge in [0.05, 0.1) is 5.69 Å². The summed E-state index contributed by atoms with van der Waals surface area (Å²) in [6.07, 6.45) is 2.45. The molecule has 4 heteroatoms. The average Bonchev–Trinajstić information content (AvgIpc) is 2.33. The summed E-state index contributed by atoms with van der Waals surface area (Å²) in [5.41, 5.74) is 1.07. The first-order chi connectivity index (χ1) is 8.08. The molecule has 0 amide bonds. The number of pyridine rings is 1. The molecule has 1 saturated heterocycles. The quantitative estimate of drug-likeness (QED) is 0.837. The summed E-state index contributed by atoms with van der Waals surface area (Å²) in [6.45, 7) is 4.26. The third-order valence-corrected chi connectivity index (χ3v) is 4.36. The fraction of sp³-hybridized carbons (Fsp3) is 0.615. The van der Waals surface area contributed by atoms with Crippen LogP contribution in [0.25, 0.3) is 0 Å². The topological polar surface area (TPSA) is 19.4 Å².